The third-order valence-electron chi connectivity index (χ3n) is 2.61. The number of benzene rings is 1. The molecule has 0 aromatic heterocycles. The highest BCUT2D eigenvalue weighted by atomic mass is 32.2. The molecule has 1 N–H and O–H groups in total. The van der Waals surface area contributed by atoms with E-state index in [4.69, 9.17) is 4.74 Å². The maximum Gasteiger partial charge on any atom is 0.132 e. The third kappa shape index (κ3) is 3.72. The molecule has 0 unspecified atom stereocenters. The van der Waals surface area contributed by atoms with E-state index in [1.54, 1.807) is 7.11 Å². The van der Waals surface area contributed by atoms with E-state index in [0.29, 0.717) is 0 Å². The van der Waals surface area contributed by atoms with Crippen molar-refractivity contribution in [1.29, 1.82) is 0 Å². The molecule has 0 aliphatic rings. The number of methoxy groups -OCH3 is 1. The van der Waals surface area contributed by atoms with Crippen molar-refractivity contribution in [2.75, 3.05) is 26.5 Å². The van der Waals surface area contributed by atoms with E-state index in [1.807, 2.05) is 18.8 Å². The van der Waals surface area contributed by atoms with E-state index in [-0.39, 0.29) is 0 Å². The van der Waals surface area contributed by atoms with Gasteiger partial charge in [-0.1, -0.05) is 0 Å². The van der Waals surface area contributed by atoms with Gasteiger partial charge >= 0.3 is 0 Å². The fraction of sp³-hybridized carbons (Fsp3) is 0.538. The lowest BCUT2D eigenvalue weighted by molar-refractivity contribution is 0.404. The summed E-state index contributed by atoms with van der Waals surface area (Å²) in [5, 5.41) is 3.16. The minimum atomic E-state index is 0.998. The van der Waals surface area contributed by atoms with Crippen LogP contribution in [0.25, 0.3) is 0 Å². The topological polar surface area (TPSA) is 21.3 Å². The molecule has 0 amide bonds. The third-order valence-corrected chi connectivity index (χ3v) is 3.73. The fourth-order valence-corrected chi connectivity index (χ4v) is 2.52. The van der Waals surface area contributed by atoms with Crippen LogP contribution >= 0.6 is 11.8 Å². The number of thioether (sulfide) groups is 1. The van der Waals surface area contributed by atoms with Crippen molar-refractivity contribution in [2.45, 2.75) is 25.2 Å². The van der Waals surface area contributed by atoms with Crippen molar-refractivity contribution in [2.24, 2.45) is 0 Å². The molecule has 3 heteroatoms. The first-order chi connectivity index (χ1) is 7.69. The minimum Gasteiger partial charge on any atom is -0.496 e. The Bertz CT molecular complexity index is 339. The molecular formula is C13H21NOS. The Balaban J connectivity index is 2.66. The van der Waals surface area contributed by atoms with Gasteiger partial charge in [0.25, 0.3) is 0 Å². The van der Waals surface area contributed by atoms with Crippen LogP contribution in [0.15, 0.2) is 17.0 Å². The van der Waals surface area contributed by atoms with Gasteiger partial charge in [0.15, 0.2) is 0 Å². The second-order valence-corrected chi connectivity index (χ2v) is 5.03. The zero-order valence-corrected chi connectivity index (χ0v) is 11.4. The maximum atomic E-state index is 5.40. The summed E-state index contributed by atoms with van der Waals surface area (Å²) in [5.74, 6) is 2.12. The van der Waals surface area contributed by atoms with Crippen LogP contribution in [-0.2, 0) is 0 Å². The van der Waals surface area contributed by atoms with Crippen LogP contribution in [0.4, 0.5) is 0 Å². The molecular weight excluding hydrogens is 218 g/mol. The van der Waals surface area contributed by atoms with Crippen molar-refractivity contribution < 1.29 is 4.74 Å². The predicted molar refractivity (Wildman–Crippen MR) is 71.7 cm³/mol. The van der Waals surface area contributed by atoms with Crippen molar-refractivity contribution in [1.82, 2.24) is 5.32 Å². The molecule has 0 fully saturated rings. The van der Waals surface area contributed by atoms with E-state index >= 15 is 0 Å². The Labute approximate surface area is 103 Å². The first kappa shape index (κ1) is 13.4. The molecule has 0 saturated heterocycles. The van der Waals surface area contributed by atoms with Gasteiger partial charge in [-0.2, -0.15) is 0 Å². The molecule has 0 saturated carbocycles. The summed E-state index contributed by atoms with van der Waals surface area (Å²) in [4.78, 5) is 1.25. The normalized spacial score (nSPS) is 10.5. The van der Waals surface area contributed by atoms with E-state index in [0.717, 1.165) is 18.0 Å². The Morgan fingerprint density at radius 1 is 1.25 bits per heavy atom. The highest BCUT2D eigenvalue weighted by molar-refractivity contribution is 7.99. The summed E-state index contributed by atoms with van der Waals surface area (Å²) >= 11 is 1.87. The van der Waals surface area contributed by atoms with Crippen LogP contribution in [0, 0.1) is 13.8 Å². The first-order valence-corrected chi connectivity index (χ1v) is 6.60. The van der Waals surface area contributed by atoms with Crippen molar-refractivity contribution >= 4 is 11.8 Å². The summed E-state index contributed by atoms with van der Waals surface area (Å²) in [7, 11) is 3.73. The lowest BCUT2D eigenvalue weighted by atomic mass is 10.1. The molecule has 1 rings (SSSR count). The van der Waals surface area contributed by atoms with Crippen LogP contribution in [0.1, 0.15) is 17.5 Å². The average Bonchev–Trinajstić information content (AvgIpc) is 2.28. The number of hydrogen-bond donors (Lipinski definition) is 1. The summed E-state index contributed by atoms with van der Waals surface area (Å²) in [5.41, 5.74) is 2.62. The summed E-state index contributed by atoms with van der Waals surface area (Å²) in [6, 6.07) is 4.34. The van der Waals surface area contributed by atoms with E-state index < -0.39 is 0 Å². The predicted octanol–water partition coefficient (Wildman–Crippen LogP) is 3.01. The largest absolute Gasteiger partial charge is 0.496 e. The molecule has 0 bridgehead atoms. The second-order valence-electron chi connectivity index (χ2n) is 3.89. The van der Waals surface area contributed by atoms with Crippen LogP contribution in [0.5, 0.6) is 5.75 Å². The van der Waals surface area contributed by atoms with Gasteiger partial charge in [0, 0.05) is 4.90 Å². The van der Waals surface area contributed by atoms with Gasteiger partial charge in [0.1, 0.15) is 5.75 Å². The zero-order valence-electron chi connectivity index (χ0n) is 10.6. The van der Waals surface area contributed by atoms with Crippen molar-refractivity contribution in [3.63, 3.8) is 0 Å². The Kier molecular flexibility index (Phi) is 5.71. The summed E-state index contributed by atoms with van der Waals surface area (Å²) in [6.45, 7) is 5.33. The molecule has 0 spiro atoms. The smallest absolute Gasteiger partial charge is 0.132 e. The standard InChI is InChI=1S/C13H21NOS/c1-10-8-12(15-4)13(9-11(10)2)16-7-5-6-14-3/h8-9,14H,5-7H2,1-4H3. The molecule has 0 atom stereocenters. The molecule has 1 aromatic rings. The van der Waals surface area contributed by atoms with Crippen molar-refractivity contribution in [3.8, 4) is 5.75 Å². The number of rotatable bonds is 6. The molecule has 0 aliphatic carbocycles. The Morgan fingerprint density at radius 2 is 1.94 bits per heavy atom. The van der Waals surface area contributed by atoms with Gasteiger partial charge in [0.2, 0.25) is 0 Å². The second kappa shape index (κ2) is 6.81. The van der Waals surface area contributed by atoms with Gasteiger partial charge in [0.05, 0.1) is 7.11 Å². The molecule has 1 aromatic carbocycles. The number of nitrogens with one attached hydrogen (secondary N) is 1. The summed E-state index contributed by atoms with van der Waals surface area (Å²) < 4.78 is 5.40. The Morgan fingerprint density at radius 3 is 2.56 bits per heavy atom. The van der Waals surface area contributed by atoms with Crippen molar-refractivity contribution in [3.05, 3.63) is 23.3 Å². The average molecular weight is 239 g/mol. The van der Waals surface area contributed by atoms with Gasteiger partial charge in [-0.3, -0.25) is 0 Å². The lowest BCUT2D eigenvalue weighted by Crippen LogP contribution is -2.08. The highest BCUT2D eigenvalue weighted by Crippen LogP contribution is 2.32. The number of ether oxygens (including phenoxy) is 1. The number of hydrogen-bond acceptors (Lipinski definition) is 3. The van der Waals surface area contributed by atoms with Crippen LogP contribution in [0.2, 0.25) is 0 Å². The zero-order chi connectivity index (χ0) is 12.0. The lowest BCUT2D eigenvalue weighted by Gasteiger charge is -2.11. The van der Waals surface area contributed by atoms with Gasteiger partial charge in [-0.15, -0.1) is 11.8 Å². The first-order valence-electron chi connectivity index (χ1n) is 5.61. The van der Waals surface area contributed by atoms with Crippen LogP contribution in [-0.4, -0.2) is 26.5 Å². The van der Waals surface area contributed by atoms with Gasteiger partial charge in [-0.05, 0) is 62.9 Å². The Hall–Kier alpha value is -0.670. The quantitative estimate of drug-likeness (QED) is 0.609. The molecule has 16 heavy (non-hydrogen) atoms. The molecule has 90 valence electrons. The minimum absolute atomic E-state index is 0.998. The van der Waals surface area contributed by atoms with E-state index in [2.05, 4.69) is 31.3 Å². The summed E-state index contributed by atoms with van der Waals surface area (Å²) in [6.07, 6.45) is 1.18. The number of aryl methyl sites for hydroxylation is 2. The molecule has 0 aliphatic heterocycles. The SMILES string of the molecule is CNCCCSc1cc(C)c(C)cc1OC. The van der Waals surface area contributed by atoms with Crippen LogP contribution < -0.4 is 10.1 Å². The van der Waals surface area contributed by atoms with E-state index in [9.17, 15) is 0 Å². The molecule has 2 nitrogen and oxygen atoms in total. The van der Waals surface area contributed by atoms with E-state index in [1.165, 1.54) is 22.4 Å². The maximum absolute atomic E-state index is 5.40. The highest BCUT2D eigenvalue weighted by Gasteiger charge is 2.06. The monoisotopic (exact) mass is 239 g/mol. The molecule has 0 heterocycles. The fourth-order valence-electron chi connectivity index (χ4n) is 1.47. The molecule has 0 radical (unpaired) electrons. The van der Waals surface area contributed by atoms with Gasteiger partial charge < -0.3 is 10.1 Å². The van der Waals surface area contributed by atoms with Crippen LogP contribution in [0.3, 0.4) is 0 Å². The van der Waals surface area contributed by atoms with Gasteiger partial charge in [-0.25, -0.2) is 0 Å².